The fraction of sp³-hybridized carbons (Fsp3) is 0.875. The van der Waals surface area contributed by atoms with Gasteiger partial charge in [0.05, 0.1) is 6.42 Å². The van der Waals surface area contributed by atoms with E-state index in [0.717, 1.165) is 6.54 Å². The van der Waals surface area contributed by atoms with E-state index >= 15 is 0 Å². The number of nitrogens with zero attached hydrogens (tertiary/aromatic N) is 4. The first-order chi connectivity index (χ1) is 11.2. The average molecular weight is 341 g/mol. The van der Waals surface area contributed by atoms with Crippen LogP contribution in [-0.4, -0.2) is 56.1 Å². The molecule has 0 spiro atoms. The molecule has 1 amide bonds. The molecule has 0 rings (SSSR count). The van der Waals surface area contributed by atoms with Crippen LogP contribution in [0.5, 0.6) is 0 Å². The van der Waals surface area contributed by atoms with Gasteiger partial charge in [0.25, 0.3) is 0 Å². The molecule has 8 nitrogen and oxygen atoms in total. The van der Waals surface area contributed by atoms with Gasteiger partial charge in [-0.2, -0.15) is 0 Å². The maximum absolute atomic E-state index is 12.3. The SMILES string of the molecule is CN(C)CCNC(=O)[C@H](CCCCN=[N+]=[N-])CC(=O)OC(C)(C)C. The molecule has 1 N–H and O–H groups in total. The molecule has 0 aromatic rings. The van der Waals surface area contributed by atoms with Crippen LogP contribution in [0, 0.1) is 5.92 Å². The van der Waals surface area contributed by atoms with Gasteiger partial charge in [0.15, 0.2) is 0 Å². The summed E-state index contributed by atoms with van der Waals surface area (Å²) in [6.45, 7) is 7.08. The molecule has 0 aliphatic heterocycles. The van der Waals surface area contributed by atoms with Crippen molar-refractivity contribution in [3.8, 4) is 0 Å². The van der Waals surface area contributed by atoms with Gasteiger partial charge >= 0.3 is 5.97 Å². The monoisotopic (exact) mass is 341 g/mol. The maximum Gasteiger partial charge on any atom is 0.307 e. The van der Waals surface area contributed by atoms with Crippen LogP contribution in [0.1, 0.15) is 46.5 Å². The Morgan fingerprint density at radius 2 is 1.96 bits per heavy atom. The largest absolute Gasteiger partial charge is 0.460 e. The number of carbonyl (C=O) groups is 2. The van der Waals surface area contributed by atoms with Crippen molar-refractivity contribution in [2.75, 3.05) is 33.7 Å². The smallest absolute Gasteiger partial charge is 0.307 e. The van der Waals surface area contributed by atoms with Gasteiger partial charge in [0.1, 0.15) is 5.60 Å². The Kier molecular flexibility index (Phi) is 10.8. The van der Waals surface area contributed by atoms with Crippen molar-refractivity contribution in [3.05, 3.63) is 10.4 Å². The number of ether oxygens (including phenoxy) is 1. The lowest BCUT2D eigenvalue weighted by Gasteiger charge is -2.22. The molecule has 0 saturated heterocycles. The van der Waals surface area contributed by atoms with Crippen LogP contribution in [-0.2, 0) is 14.3 Å². The number of nitrogens with one attached hydrogen (secondary N) is 1. The van der Waals surface area contributed by atoms with Crippen LogP contribution in [0.25, 0.3) is 10.4 Å². The van der Waals surface area contributed by atoms with Crippen molar-refractivity contribution in [1.29, 1.82) is 0 Å². The third-order valence-electron chi connectivity index (χ3n) is 3.19. The third kappa shape index (κ3) is 12.7. The molecule has 0 aliphatic rings. The zero-order valence-corrected chi connectivity index (χ0v) is 15.5. The lowest BCUT2D eigenvalue weighted by molar-refractivity contribution is -0.157. The minimum absolute atomic E-state index is 0.0621. The average Bonchev–Trinajstić information content (AvgIpc) is 2.43. The quantitative estimate of drug-likeness (QED) is 0.205. The van der Waals surface area contributed by atoms with E-state index in [-0.39, 0.29) is 18.3 Å². The van der Waals surface area contributed by atoms with E-state index in [2.05, 4.69) is 15.3 Å². The highest BCUT2D eigenvalue weighted by Crippen LogP contribution is 2.17. The minimum Gasteiger partial charge on any atom is -0.460 e. The normalized spacial score (nSPS) is 12.4. The van der Waals surface area contributed by atoms with Gasteiger partial charge in [-0.1, -0.05) is 11.5 Å². The lowest BCUT2D eigenvalue weighted by Crippen LogP contribution is -2.37. The molecule has 0 radical (unpaired) electrons. The summed E-state index contributed by atoms with van der Waals surface area (Å²) in [6.07, 6.45) is 2.04. The van der Waals surface area contributed by atoms with E-state index < -0.39 is 11.5 Å². The number of hydrogen-bond donors (Lipinski definition) is 1. The van der Waals surface area contributed by atoms with Crippen molar-refractivity contribution in [2.45, 2.75) is 52.1 Å². The van der Waals surface area contributed by atoms with Crippen molar-refractivity contribution < 1.29 is 14.3 Å². The highest BCUT2D eigenvalue weighted by atomic mass is 16.6. The summed E-state index contributed by atoms with van der Waals surface area (Å²) in [5, 5.41) is 6.34. The summed E-state index contributed by atoms with van der Waals surface area (Å²) in [6, 6.07) is 0. The summed E-state index contributed by atoms with van der Waals surface area (Å²) in [4.78, 5) is 29.0. The Labute approximate surface area is 144 Å². The molecule has 0 aliphatic carbocycles. The molecule has 0 bridgehead atoms. The predicted molar refractivity (Wildman–Crippen MR) is 93.4 cm³/mol. The number of unbranched alkanes of at least 4 members (excludes halogenated alkanes) is 1. The number of esters is 1. The van der Waals surface area contributed by atoms with Crippen LogP contribution in [0.2, 0.25) is 0 Å². The second-order valence-corrected chi connectivity index (χ2v) is 7.03. The molecule has 8 heteroatoms. The highest BCUT2D eigenvalue weighted by molar-refractivity contribution is 5.83. The van der Waals surface area contributed by atoms with E-state index in [0.29, 0.717) is 32.4 Å². The first kappa shape index (κ1) is 22.2. The molecule has 0 aromatic carbocycles. The summed E-state index contributed by atoms with van der Waals surface area (Å²) in [5.41, 5.74) is 7.70. The predicted octanol–water partition coefficient (Wildman–Crippen LogP) is 2.49. The van der Waals surface area contributed by atoms with Gasteiger partial charge in [-0.05, 0) is 53.2 Å². The summed E-state index contributed by atoms with van der Waals surface area (Å²) in [7, 11) is 3.86. The second-order valence-electron chi connectivity index (χ2n) is 7.03. The summed E-state index contributed by atoms with van der Waals surface area (Å²) in [5.74, 6) is -0.926. The number of azide groups is 1. The third-order valence-corrected chi connectivity index (χ3v) is 3.19. The fourth-order valence-electron chi connectivity index (χ4n) is 2.08. The van der Waals surface area contributed by atoms with Gasteiger partial charge in [0.2, 0.25) is 5.91 Å². The fourth-order valence-corrected chi connectivity index (χ4v) is 2.08. The Balaban J connectivity index is 4.53. The molecule has 0 heterocycles. The minimum atomic E-state index is -0.565. The van der Waals surface area contributed by atoms with E-state index in [9.17, 15) is 9.59 Å². The van der Waals surface area contributed by atoms with Crippen LogP contribution in [0.15, 0.2) is 5.11 Å². The Morgan fingerprint density at radius 3 is 2.50 bits per heavy atom. The van der Waals surface area contributed by atoms with Gasteiger partial charge in [0, 0.05) is 30.5 Å². The molecule has 0 fully saturated rings. The van der Waals surface area contributed by atoms with Crippen molar-refractivity contribution in [1.82, 2.24) is 10.2 Å². The molecule has 0 aromatic heterocycles. The number of rotatable bonds is 11. The summed E-state index contributed by atoms with van der Waals surface area (Å²) >= 11 is 0. The molecule has 0 unspecified atom stereocenters. The number of likely N-dealkylation sites (N-methyl/N-ethyl adjacent to an activating group) is 1. The van der Waals surface area contributed by atoms with Crippen molar-refractivity contribution in [3.63, 3.8) is 0 Å². The van der Waals surface area contributed by atoms with Crippen LogP contribution >= 0.6 is 0 Å². The van der Waals surface area contributed by atoms with E-state index in [1.807, 2.05) is 19.0 Å². The molecule has 24 heavy (non-hydrogen) atoms. The Bertz CT molecular complexity index is 439. The first-order valence-corrected chi connectivity index (χ1v) is 8.31. The van der Waals surface area contributed by atoms with E-state index in [1.54, 1.807) is 20.8 Å². The number of amides is 1. The number of hydrogen-bond acceptors (Lipinski definition) is 5. The zero-order valence-electron chi connectivity index (χ0n) is 15.5. The molecular weight excluding hydrogens is 310 g/mol. The van der Waals surface area contributed by atoms with Crippen molar-refractivity contribution in [2.24, 2.45) is 11.0 Å². The Hall–Kier alpha value is -1.79. The standard InChI is InChI=1S/C16H31N5O3/c1-16(2,3)24-14(22)12-13(8-6-7-9-19-20-17)15(23)18-10-11-21(4)5/h13H,6-12H2,1-5H3,(H,18,23)/t13-/m1/s1. The molecule has 1 atom stereocenters. The van der Waals surface area contributed by atoms with Gasteiger partial charge in [-0.3, -0.25) is 9.59 Å². The summed E-state index contributed by atoms with van der Waals surface area (Å²) < 4.78 is 5.31. The highest BCUT2D eigenvalue weighted by Gasteiger charge is 2.25. The van der Waals surface area contributed by atoms with Gasteiger partial charge in [-0.25, -0.2) is 0 Å². The van der Waals surface area contributed by atoms with E-state index in [1.165, 1.54) is 0 Å². The van der Waals surface area contributed by atoms with Crippen LogP contribution < -0.4 is 5.32 Å². The van der Waals surface area contributed by atoms with Crippen molar-refractivity contribution >= 4 is 11.9 Å². The van der Waals surface area contributed by atoms with Gasteiger partial charge < -0.3 is 15.0 Å². The van der Waals surface area contributed by atoms with E-state index in [4.69, 9.17) is 10.3 Å². The van der Waals surface area contributed by atoms with Crippen LogP contribution in [0.3, 0.4) is 0 Å². The molecule has 0 saturated carbocycles. The topological polar surface area (TPSA) is 107 Å². The zero-order chi connectivity index (χ0) is 18.6. The molecular formula is C16H31N5O3. The second kappa shape index (κ2) is 11.7. The van der Waals surface area contributed by atoms with Crippen LogP contribution in [0.4, 0.5) is 0 Å². The molecule has 138 valence electrons. The lowest BCUT2D eigenvalue weighted by atomic mass is 9.97. The maximum atomic E-state index is 12.3. The van der Waals surface area contributed by atoms with Gasteiger partial charge in [-0.15, -0.1) is 0 Å². The Morgan fingerprint density at radius 1 is 1.29 bits per heavy atom. The first-order valence-electron chi connectivity index (χ1n) is 8.31. The number of carbonyl (C=O) groups excluding carboxylic acids is 2.